The molecule has 0 aromatic carbocycles. The topological polar surface area (TPSA) is 0 Å². The van der Waals surface area contributed by atoms with Crippen molar-refractivity contribution >= 4 is 24.4 Å². The van der Waals surface area contributed by atoms with Gasteiger partial charge in [0, 0.05) is 0 Å². The average molecular weight is 350 g/mol. The average Bonchev–Trinajstić information content (AvgIpc) is 1.84. The van der Waals surface area contributed by atoms with Crippen LogP contribution >= 0.6 is 24.4 Å². The van der Waals surface area contributed by atoms with E-state index in [-0.39, 0.29) is 17.0 Å². The van der Waals surface area contributed by atoms with Crippen LogP contribution in [0, 0.1) is 0 Å². The summed E-state index contributed by atoms with van der Waals surface area (Å²) in [7, 11) is 3.21. The van der Waals surface area contributed by atoms with E-state index in [1.54, 1.807) is 0 Å². The molecule has 0 radical (unpaired) electrons. The van der Waals surface area contributed by atoms with Crippen LogP contribution in [-0.4, -0.2) is 0 Å². The molecule has 82 valence electrons. The Bertz CT molecular complexity index is 102. The van der Waals surface area contributed by atoms with Crippen LogP contribution in [0.15, 0.2) is 0 Å². The van der Waals surface area contributed by atoms with Crippen LogP contribution in [0.4, 0.5) is 0 Å². The van der Waals surface area contributed by atoms with Gasteiger partial charge in [0.1, 0.15) is 0 Å². The van der Waals surface area contributed by atoms with Gasteiger partial charge in [-0.2, -0.15) is 0 Å². The Morgan fingerprint density at radius 1 is 0.750 bits per heavy atom. The Labute approximate surface area is 93.8 Å². The van der Waals surface area contributed by atoms with E-state index in [9.17, 15) is 0 Å². The van der Waals surface area contributed by atoms with E-state index in [2.05, 4.69) is 49.0 Å². The Hall–Kier alpha value is 1.57. The van der Waals surface area contributed by atoms with Crippen molar-refractivity contribution in [2.75, 3.05) is 0 Å². The first kappa shape index (κ1) is 16.0. The zero-order valence-corrected chi connectivity index (χ0v) is 13.5. The molecule has 0 saturated heterocycles. The van der Waals surface area contributed by atoms with Gasteiger partial charge >= 0.3 is 77.2 Å². The second-order valence-electron chi connectivity index (χ2n) is 3.46. The second kappa shape index (κ2) is 6.13. The van der Waals surface area contributed by atoms with Gasteiger partial charge in [0.25, 0.3) is 0 Å². The summed E-state index contributed by atoms with van der Waals surface area (Å²) in [6, 6.07) is 0. The SMILES string of the molecule is Br.C[CH](C)[Pd]([PH2])([CH](C)C)[CH](C)C. The number of halogens is 1. The Balaban J connectivity index is 0. The molecule has 0 N–H and O–H groups in total. The maximum atomic E-state index is 3.21. The van der Waals surface area contributed by atoms with Gasteiger partial charge in [-0.05, 0) is 0 Å². The van der Waals surface area contributed by atoms with Crippen molar-refractivity contribution < 1.29 is 15.0 Å². The molecule has 0 nitrogen and oxygen atoms in total. The van der Waals surface area contributed by atoms with Gasteiger partial charge < -0.3 is 0 Å². The third-order valence-electron chi connectivity index (χ3n) is 1.90. The molecule has 1 atom stereocenters. The minimum atomic E-state index is -1.18. The molecule has 12 heavy (non-hydrogen) atoms. The minimum absolute atomic E-state index is 0. The number of rotatable bonds is 3. The molecular formula is C9H24BrPPd. The van der Waals surface area contributed by atoms with Gasteiger partial charge in [0.2, 0.25) is 0 Å². The van der Waals surface area contributed by atoms with Gasteiger partial charge in [-0.15, -0.1) is 17.0 Å². The molecule has 0 aliphatic rings. The predicted octanol–water partition coefficient (Wildman–Crippen LogP) is 4.99. The molecule has 0 rings (SSSR count). The van der Waals surface area contributed by atoms with Crippen molar-refractivity contribution in [2.24, 2.45) is 0 Å². The first-order valence-corrected chi connectivity index (χ1v) is 9.94. The van der Waals surface area contributed by atoms with E-state index in [1.165, 1.54) is 0 Å². The van der Waals surface area contributed by atoms with Gasteiger partial charge in [-0.25, -0.2) is 0 Å². The van der Waals surface area contributed by atoms with Crippen molar-refractivity contribution in [1.82, 2.24) is 0 Å². The fourth-order valence-corrected chi connectivity index (χ4v) is 7.48. The molecule has 0 amide bonds. The van der Waals surface area contributed by atoms with E-state index in [1.807, 2.05) is 0 Å². The molecule has 0 aliphatic carbocycles. The first-order valence-electron chi connectivity index (χ1n) is 4.19. The molecule has 0 aromatic heterocycles. The molecule has 0 bridgehead atoms. The summed E-state index contributed by atoms with van der Waals surface area (Å²) in [5, 5.41) is 0. The van der Waals surface area contributed by atoms with E-state index < -0.39 is 15.0 Å². The molecule has 0 aromatic rings. The zero-order valence-electron chi connectivity index (χ0n) is 9.03. The summed E-state index contributed by atoms with van der Waals surface area (Å²) in [6.45, 7) is 14.3. The van der Waals surface area contributed by atoms with Crippen molar-refractivity contribution in [3.05, 3.63) is 0 Å². The van der Waals surface area contributed by atoms with Crippen molar-refractivity contribution in [3.63, 3.8) is 0 Å². The Morgan fingerprint density at radius 3 is 0.917 bits per heavy atom. The van der Waals surface area contributed by atoms with Crippen LogP contribution in [0.25, 0.3) is 0 Å². The molecule has 1 unspecified atom stereocenters. The van der Waals surface area contributed by atoms with Crippen LogP contribution in [0.2, 0.25) is 13.2 Å². The molecule has 0 saturated carbocycles. The fraction of sp³-hybridized carbons (Fsp3) is 1.00. The summed E-state index contributed by atoms with van der Waals surface area (Å²) < 4.78 is 2.68. The summed E-state index contributed by atoms with van der Waals surface area (Å²) in [4.78, 5) is 0. The Morgan fingerprint density at radius 2 is 0.917 bits per heavy atom. The molecule has 3 heteroatoms. The van der Waals surface area contributed by atoms with Crippen LogP contribution < -0.4 is 0 Å². The number of hydrogen-bond donors (Lipinski definition) is 0. The predicted molar refractivity (Wildman–Crippen MR) is 65.3 cm³/mol. The van der Waals surface area contributed by atoms with E-state index in [0.29, 0.717) is 0 Å². The molecule has 0 heterocycles. The molecule has 0 spiro atoms. The quantitative estimate of drug-likeness (QED) is 0.497. The Kier molecular flexibility index (Phi) is 8.18. The van der Waals surface area contributed by atoms with E-state index in [0.717, 1.165) is 13.2 Å². The van der Waals surface area contributed by atoms with E-state index >= 15 is 0 Å². The van der Waals surface area contributed by atoms with Gasteiger partial charge in [-0.1, -0.05) is 0 Å². The molecular weight excluding hydrogens is 325 g/mol. The third-order valence-corrected chi connectivity index (χ3v) is 18.7. The summed E-state index contributed by atoms with van der Waals surface area (Å²) >= 11 is -1.18. The second-order valence-corrected chi connectivity index (χ2v) is 15.7. The third kappa shape index (κ3) is 3.38. The van der Waals surface area contributed by atoms with Gasteiger partial charge in [0.05, 0.1) is 0 Å². The fourth-order valence-electron chi connectivity index (χ4n) is 1.26. The standard InChI is InChI=1S/3C3H7.BrH.H2P.Pd/c3*1-3-2;;;/h3*3H,1-2H3;1H;1H2;/q;;;;-1;+1. The van der Waals surface area contributed by atoms with Crippen molar-refractivity contribution in [1.29, 1.82) is 0 Å². The maximum absolute atomic E-state index is 3.21. The first-order chi connectivity index (χ1) is 4.83. The number of hydrogen-bond acceptors (Lipinski definition) is 0. The van der Waals surface area contributed by atoms with Gasteiger partial charge in [0.15, 0.2) is 0 Å². The van der Waals surface area contributed by atoms with E-state index in [4.69, 9.17) is 0 Å². The van der Waals surface area contributed by atoms with Crippen molar-refractivity contribution in [2.45, 2.75) is 54.7 Å². The summed E-state index contributed by atoms with van der Waals surface area (Å²) in [5.74, 6) is 0. The van der Waals surface area contributed by atoms with Crippen LogP contribution in [0.5, 0.6) is 0 Å². The monoisotopic (exact) mass is 348 g/mol. The summed E-state index contributed by atoms with van der Waals surface area (Å²) in [6.07, 6.45) is 0. The van der Waals surface area contributed by atoms with Crippen LogP contribution in [-0.2, 0) is 15.0 Å². The van der Waals surface area contributed by atoms with Gasteiger partial charge in [-0.3, -0.25) is 0 Å². The van der Waals surface area contributed by atoms with Crippen molar-refractivity contribution in [3.8, 4) is 0 Å². The summed E-state index contributed by atoms with van der Waals surface area (Å²) in [5.41, 5.74) is 0. The van der Waals surface area contributed by atoms with Crippen LogP contribution in [0.3, 0.4) is 0 Å². The zero-order chi connectivity index (χ0) is 9.23. The molecule has 0 aliphatic heterocycles. The molecule has 0 fully saturated rings. The normalized spacial score (nSPS) is 13.8. The van der Waals surface area contributed by atoms with Crippen LogP contribution in [0.1, 0.15) is 41.5 Å².